The summed E-state index contributed by atoms with van der Waals surface area (Å²) in [7, 11) is 0. The van der Waals surface area contributed by atoms with Crippen LogP contribution in [0.5, 0.6) is 0 Å². The van der Waals surface area contributed by atoms with E-state index in [1.807, 2.05) is 6.07 Å². The molecule has 0 atom stereocenters. The predicted molar refractivity (Wildman–Crippen MR) is 118 cm³/mol. The smallest absolute Gasteiger partial charge is 0.271 e. The normalized spacial score (nSPS) is 10.6. The molecule has 4 aromatic rings. The highest BCUT2D eigenvalue weighted by Crippen LogP contribution is 2.17. The first-order chi connectivity index (χ1) is 15.4. The van der Waals surface area contributed by atoms with Crippen LogP contribution in [0.1, 0.15) is 20.7 Å². The molecule has 0 unspecified atom stereocenters. The van der Waals surface area contributed by atoms with Crippen molar-refractivity contribution in [1.82, 2.24) is 9.55 Å². The molecule has 4 rings (SSSR count). The van der Waals surface area contributed by atoms with Crippen LogP contribution in [0.4, 0.5) is 11.4 Å². The van der Waals surface area contributed by atoms with Crippen molar-refractivity contribution in [3.63, 3.8) is 0 Å². The molecule has 1 aromatic heterocycles. The molecule has 0 aliphatic rings. The van der Waals surface area contributed by atoms with Crippen molar-refractivity contribution in [3.8, 4) is 0 Å². The van der Waals surface area contributed by atoms with Gasteiger partial charge in [0.15, 0.2) is 5.78 Å². The number of carbonyl (C=O) groups is 2. The van der Waals surface area contributed by atoms with Crippen LogP contribution in [0, 0.1) is 10.1 Å². The monoisotopic (exact) mass is 428 g/mol. The highest BCUT2D eigenvalue weighted by Gasteiger charge is 2.13. The second kappa shape index (κ2) is 8.60. The topological polar surface area (TPSA) is 124 Å². The predicted octanol–water partition coefficient (Wildman–Crippen LogP) is 3.44. The van der Waals surface area contributed by atoms with Gasteiger partial charge in [0.05, 0.1) is 28.7 Å². The Morgan fingerprint density at radius 3 is 2.38 bits per heavy atom. The zero-order chi connectivity index (χ0) is 22.7. The van der Waals surface area contributed by atoms with Crippen LogP contribution < -0.4 is 10.9 Å². The summed E-state index contributed by atoms with van der Waals surface area (Å²) in [6.45, 7) is -0.242. The third-order valence-corrected chi connectivity index (χ3v) is 4.83. The molecule has 0 spiro atoms. The van der Waals surface area contributed by atoms with E-state index in [9.17, 15) is 24.5 Å². The van der Waals surface area contributed by atoms with E-state index < -0.39 is 10.5 Å². The number of aromatic nitrogens is 2. The van der Waals surface area contributed by atoms with E-state index in [-0.39, 0.29) is 34.8 Å². The van der Waals surface area contributed by atoms with Crippen molar-refractivity contribution >= 4 is 34.0 Å². The fourth-order valence-corrected chi connectivity index (χ4v) is 3.15. The van der Waals surface area contributed by atoms with Gasteiger partial charge in [0.2, 0.25) is 0 Å². The van der Waals surface area contributed by atoms with Gasteiger partial charge in [-0.05, 0) is 42.5 Å². The number of carbonyl (C=O) groups excluding carboxylic acids is 2. The number of ketones is 1. The number of hydrogen-bond acceptors (Lipinski definition) is 6. The minimum absolute atomic E-state index is 0.169. The number of nitrogens with one attached hydrogen (secondary N) is 1. The summed E-state index contributed by atoms with van der Waals surface area (Å²) in [4.78, 5) is 51.9. The maximum Gasteiger partial charge on any atom is 0.271 e. The third kappa shape index (κ3) is 4.26. The van der Waals surface area contributed by atoms with Gasteiger partial charge in [-0.2, -0.15) is 0 Å². The molecule has 0 saturated heterocycles. The van der Waals surface area contributed by atoms with Crippen LogP contribution in [0.2, 0.25) is 0 Å². The Kier molecular flexibility index (Phi) is 5.54. The molecule has 1 heterocycles. The van der Waals surface area contributed by atoms with Gasteiger partial charge >= 0.3 is 0 Å². The van der Waals surface area contributed by atoms with Gasteiger partial charge in [-0.25, -0.2) is 4.98 Å². The molecule has 3 aromatic carbocycles. The van der Waals surface area contributed by atoms with E-state index in [2.05, 4.69) is 10.3 Å². The van der Waals surface area contributed by atoms with Gasteiger partial charge in [-0.1, -0.05) is 18.2 Å². The van der Waals surface area contributed by atoms with Crippen LogP contribution in [0.15, 0.2) is 83.9 Å². The van der Waals surface area contributed by atoms with Crippen LogP contribution >= 0.6 is 0 Å². The molecule has 9 heteroatoms. The van der Waals surface area contributed by atoms with Crippen molar-refractivity contribution in [2.24, 2.45) is 0 Å². The molecule has 1 amide bonds. The minimum Gasteiger partial charge on any atom is -0.322 e. The fraction of sp³-hybridized carbons (Fsp3) is 0.0435. The molecular formula is C23H16N4O5. The number of fused-ring (bicyclic) bond motifs is 1. The Morgan fingerprint density at radius 2 is 1.69 bits per heavy atom. The molecule has 0 bridgehead atoms. The van der Waals surface area contributed by atoms with Crippen LogP contribution in [-0.2, 0) is 6.54 Å². The number of Topliss-reactive ketones (excluding diaryl/α,β-unsaturated/α-hetero) is 1. The number of benzene rings is 3. The quantitative estimate of drug-likeness (QED) is 0.285. The van der Waals surface area contributed by atoms with Crippen molar-refractivity contribution in [2.75, 3.05) is 5.32 Å². The molecule has 9 nitrogen and oxygen atoms in total. The number of hydrogen-bond donors (Lipinski definition) is 1. The Bertz CT molecular complexity index is 1400. The number of rotatable bonds is 6. The van der Waals surface area contributed by atoms with Gasteiger partial charge < -0.3 is 5.32 Å². The second-order valence-electron chi connectivity index (χ2n) is 6.96. The summed E-state index contributed by atoms with van der Waals surface area (Å²) in [5.41, 5.74) is 0.954. The number of nitro benzene ring substituents is 1. The summed E-state index contributed by atoms with van der Waals surface area (Å²) in [5, 5.41) is 13.8. The molecular weight excluding hydrogens is 412 g/mol. The van der Waals surface area contributed by atoms with E-state index in [1.165, 1.54) is 24.5 Å². The Labute approximate surface area is 181 Å². The number of anilines is 1. The lowest BCUT2D eigenvalue weighted by Crippen LogP contribution is -2.24. The highest BCUT2D eigenvalue weighted by molar-refractivity contribution is 6.04. The minimum atomic E-state index is -0.567. The SMILES string of the molecule is O=C(Cn1cnc2cc([N+](=O)[O-])ccc2c1=O)c1ccc(NC(=O)c2ccccc2)cc1. The maximum absolute atomic E-state index is 12.6. The molecule has 0 saturated carbocycles. The number of nitro groups is 1. The standard InChI is InChI=1S/C23H16N4O5/c28-21(13-26-14-24-20-12-18(27(31)32)10-11-19(20)23(26)30)15-6-8-17(9-7-15)25-22(29)16-4-2-1-3-5-16/h1-12,14H,13H2,(H,25,29). The average Bonchev–Trinajstić information content (AvgIpc) is 2.81. The zero-order valence-corrected chi connectivity index (χ0v) is 16.6. The highest BCUT2D eigenvalue weighted by atomic mass is 16.6. The number of nitrogens with zero attached hydrogens (tertiary/aromatic N) is 3. The Hall–Kier alpha value is -4.66. The lowest BCUT2D eigenvalue weighted by atomic mass is 10.1. The summed E-state index contributed by atoms with van der Waals surface area (Å²) in [6.07, 6.45) is 1.20. The molecule has 158 valence electrons. The largest absolute Gasteiger partial charge is 0.322 e. The summed E-state index contributed by atoms with van der Waals surface area (Å²) in [6, 6.07) is 18.8. The summed E-state index contributed by atoms with van der Waals surface area (Å²) >= 11 is 0. The maximum atomic E-state index is 12.6. The Morgan fingerprint density at radius 1 is 0.969 bits per heavy atom. The molecule has 32 heavy (non-hydrogen) atoms. The van der Waals surface area contributed by atoms with E-state index in [1.54, 1.807) is 48.5 Å². The van der Waals surface area contributed by atoms with Gasteiger partial charge in [0.25, 0.3) is 17.2 Å². The molecule has 0 aliphatic carbocycles. The summed E-state index contributed by atoms with van der Waals surface area (Å²) in [5.74, 6) is -0.588. The molecule has 1 N–H and O–H groups in total. The van der Waals surface area contributed by atoms with Gasteiger partial charge in [-0.15, -0.1) is 0 Å². The Balaban J connectivity index is 1.49. The first-order valence-corrected chi connectivity index (χ1v) is 9.55. The molecule has 0 fully saturated rings. The first-order valence-electron chi connectivity index (χ1n) is 9.55. The zero-order valence-electron chi connectivity index (χ0n) is 16.6. The first kappa shape index (κ1) is 20.6. The van der Waals surface area contributed by atoms with Crippen LogP contribution in [0.3, 0.4) is 0 Å². The third-order valence-electron chi connectivity index (χ3n) is 4.83. The van der Waals surface area contributed by atoms with Crippen molar-refractivity contribution in [1.29, 1.82) is 0 Å². The van der Waals surface area contributed by atoms with Crippen molar-refractivity contribution < 1.29 is 14.5 Å². The van der Waals surface area contributed by atoms with E-state index >= 15 is 0 Å². The van der Waals surface area contributed by atoms with Crippen LogP contribution in [-0.4, -0.2) is 26.2 Å². The lowest BCUT2D eigenvalue weighted by molar-refractivity contribution is -0.384. The van der Waals surface area contributed by atoms with Gasteiger partial charge in [0.1, 0.15) is 0 Å². The van der Waals surface area contributed by atoms with E-state index in [0.717, 1.165) is 4.57 Å². The van der Waals surface area contributed by atoms with Gasteiger partial charge in [-0.3, -0.25) is 29.1 Å². The molecule has 0 aliphatic heterocycles. The second-order valence-corrected chi connectivity index (χ2v) is 6.96. The lowest BCUT2D eigenvalue weighted by Gasteiger charge is -2.08. The van der Waals surface area contributed by atoms with E-state index in [4.69, 9.17) is 0 Å². The van der Waals surface area contributed by atoms with Crippen LogP contribution in [0.25, 0.3) is 10.9 Å². The fourth-order valence-electron chi connectivity index (χ4n) is 3.15. The van der Waals surface area contributed by atoms with Gasteiger partial charge in [0, 0.05) is 28.9 Å². The van der Waals surface area contributed by atoms with Crippen molar-refractivity contribution in [3.05, 3.63) is 111 Å². The number of amides is 1. The van der Waals surface area contributed by atoms with E-state index in [0.29, 0.717) is 16.8 Å². The number of non-ortho nitro benzene ring substituents is 1. The summed E-state index contributed by atoms with van der Waals surface area (Å²) < 4.78 is 1.15. The average molecular weight is 428 g/mol. The molecule has 0 radical (unpaired) electrons. The van der Waals surface area contributed by atoms with Crippen molar-refractivity contribution in [2.45, 2.75) is 6.54 Å².